The van der Waals surface area contributed by atoms with Crippen molar-refractivity contribution >= 4 is 29.3 Å². The summed E-state index contributed by atoms with van der Waals surface area (Å²) in [5, 5.41) is 3.20. The molecule has 0 unspecified atom stereocenters. The first kappa shape index (κ1) is 23.0. The molecule has 0 amide bonds. The van der Waals surface area contributed by atoms with Crippen LogP contribution >= 0.6 is 11.6 Å². The van der Waals surface area contributed by atoms with Crippen molar-refractivity contribution in [2.75, 3.05) is 13.7 Å². The molecular weight excluding hydrogens is 425 g/mol. The summed E-state index contributed by atoms with van der Waals surface area (Å²) in [7, 11) is 1.22. The number of ether oxygens (including phenoxy) is 2. The summed E-state index contributed by atoms with van der Waals surface area (Å²) < 4.78 is 25.2. The van der Waals surface area contributed by atoms with Crippen molar-refractivity contribution < 1.29 is 28.2 Å². The number of rotatable bonds is 5. The van der Waals surface area contributed by atoms with Gasteiger partial charge < -0.3 is 14.8 Å². The first-order valence-electron chi connectivity index (χ1n) is 10.2. The zero-order valence-corrected chi connectivity index (χ0v) is 18.6. The van der Waals surface area contributed by atoms with E-state index in [1.807, 2.05) is 6.92 Å². The van der Waals surface area contributed by atoms with Gasteiger partial charge in [-0.2, -0.15) is 0 Å². The van der Waals surface area contributed by atoms with Gasteiger partial charge in [0.05, 0.1) is 25.2 Å². The number of allylic oxidation sites excluding steroid dienone is 3. The van der Waals surface area contributed by atoms with Crippen molar-refractivity contribution in [1.29, 1.82) is 0 Å². The Balaban J connectivity index is 2.23. The second-order valence-electron chi connectivity index (χ2n) is 7.81. The van der Waals surface area contributed by atoms with Crippen molar-refractivity contribution in [2.24, 2.45) is 11.8 Å². The Morgan fingerprint density at radius 3 is 2.65 bits per heavy atom. The summed E-state index contributed by atoms with van der Waals surface area (Å²) >= 11 is 6.36. The monoisotopic (exact) mass is 449 g/mol. The maximum Gasteiger partial charge on any atom is 0.336 e. The molecule has 0 saturated heterocycles. The quantitative estimate of drug-likeness (QED) is 0.539. The van der Waals surface area contributed by atoms with Crippen molar-refractivity contribution in [3.05, 3.63) is 57.1 Å². The highest BCUT2D eigenvalue weighted by Gasteiger charge is 2.48. The number of hydrogen-bond acceptors (Lipinski definition) is 6. The van der Waals surface area contributed by atoms with Crippen LogP contribution in [0.1, 0.15) is 45.1 Å². The molecule has 0 saturated carbocycles. The lowest BCUT2D eigenvalue weighted by Gasteiger charge is -2.38. The first-order valence-corrected chi connectivity index (χ1v) is 10.5. The Kier molecular flexibility index (Phi) is 6.84. The van der Waals surface area contributed by atoms with Gasteiger partial charge in [0, 0.05) is 27.6 Å². The summed E-state index contributed by atoms with van der Waals surface area (Å²) in [5.41, 5.74) is 1.26. The van der Waals surface area contributed by atoms with E-state index >= 15 is 4.39 Å². The molecule has 8 heteroatoms. The number of carbonyl (C=O) groups is 3. The maximum atomic E-state index is 15.0. The van der Waals surface area contributed by atoms with E-state index in [0.29, 0.717) is 24.2 Å². The molecule has 1 aromatic carbocycles. The summed E-state index contributed by atoms with van der Waals surface area (Å²) in [6.45, 7) is 5.48. The van der Waals surface area contributed by atoms with Crippen LogP contribution in [0.5, 0.6) is 0 Å². The molecule has 0 bridgehead atoms. The Morgan fingerprint density at radius 2 is 2.03 bits per heavy atom. The largest absolute Gasteiger partial charge is 0.468 e. The van der Waals surface area contributed by atoms with Crippen molar-refractivity contribution in [1.82, 2.24) is 5.32 Å². The molecule has 1 aromatic rings. The molecular formula is C23H25ClFNO5. The van der Waals surface area contributed by atoms with Crippen molar-refractivity contribution in [3.63, 3.8) is 0 Å². The molecule has 3 rings (SSSR count). The van der Waals surface area contributed by atoms with Gasteiger partial charge in [-0.1, -0.05) is 31.5 Å². The fourth-order valence-electron chi connectivity index (χ4n) is 4.30. The number of benzene rings is 1. The second-order valence-corrected chi connectivity index (χ2v) is 8.21. The van der Waals surface area contributed by atoms with Gasteiger partial charge in [0.25, 0.3) is 0 Å². The Labute approximate surface area is 185 Å². The fourth-order valence-corrected chi connectivity index (χ4v) is 4.57. The van der Waals surface area contributed by atoms with Crippen LogP contribution in [-0.2, 0) is 23.9 Å². The molecule has 0 spiro atoms. The van der Waals surface area contributed by atoms with Crippen LogP contribution in [0.4, 0.5) is 4.39 Å². The molecule has 1 N–H and O–H groups in total. The van der Waals surface area contributed by atoms with E-state index in [1.165, 1.54) is 25.3 Å². The average molecular weight is 450 g/mol. The van der Waals surface area contributed by atoms with Crippen molar-refractivity contribution in [2.45, 2.75) is 39.5 Å². The van der Waals surface area contributed by atoms with Crippen LogP contribution in [0, 0.1) is 17.7 Å². The zero-order valence-electron chi connectivity index (χ0n) is 17.9. The van der Waals surface area contributed by atoms with Gasteiger partial charge in [0.2, 0.25) is 0 Å². The van der Waals surface area contributed by atoms with E-state index < -0.39 is 35.4 Å². The van der Waals surface area contributed by atoms with Gasteiger partial charge in [0.1, 0.15) is 11.7 Å². The van der Waals surface area contributed by atoms with Crippen LogP contribution in [0.15, 0.2) is 40.7 Å². The molecule has 166 valence electrons. The number of halogens is 2. The van der Waals surface area contributed by atoms with Gasteiger partial charge in [-0.15, -0.1) is 0 Å². The van der Waals surface area contributed by atoms with Gasteiger partial charge in [-0.05, 0) is 37.8 Å². The minimum Gasteiger partial charge on any atom is -0.468 e. The smallest absolute Gasteiger partial charge is 0.336 e. The number of esters is 2. The van der Waals surface area contributed by atoms with E-state index in [2.05, 4.69) is 5.32 Å². The second kappa shape index (κ2) is 9.22. The Bertz CT molecular complexity index is 979. The minimum atomic E-state index is -1.10. The van der Waals surface area contributed by atoms with E-state index in [1.54, 1.807) is 13.8 Å². The lowest BCUT2D eigenvalue weighted by Crippen LogP contribution is -2.43. The van der Waals surface area contributed by atoms with E-state index in [9.17, 15) is 14.4 Å². The molecule has 3 atom stereocenters. The van der Waals surface area contributed by atoms with Crippen LogP contribution in [0.3, 0.4) is 0 Å². The predicted molar refractivity (Wildman–Crippen MR) is 113 cm³/mol. The zero-order chi connectivity index (χ0) is 22.9. The third kappa shape index (κ3) is 4.11. The summed E-state index contributed by atoms with van der Waals surface area (Å²) in [4.78, 5) is 38.9. The van der Waals surface area contributed by atoms with Gasteiger partial charge >= 0.3 is 11.9 Å². The number of hydrogen-bond donors (Lipinski definition) is 1. The minimum absolute atomic E-state index is 0.00693. The molecule has 0 aromatic heterocycles. The van der Waals surface area contributed by atoms with Crippen LogP contribution in [-0.4, -0.2) is 31.4 Å². The standard InChI is InChI=1S/C23H25ClFNO5/c1-5-9-31-23(29)17-12(3)26-15-10-11(2)16(22(28)30-4)21(27)19(15)20(17)18-13(24)7-6-8-14(18)25/h6-8,11,16,20,26H,5,9-10H2,1-4H3/t11-,16+,20+/m0/s1. The highest BCUT2D eigenvalue weighted by Crippen LogP contribution is 2.47. The maximum absolute atomic E-state index is 15.0. The molecule has 31 heavy (non-hydrogen) atoms. The normalized spacial score (nSPS) is 23.3. The number of Topliss-reactive ketones (excluding diaryl/α,β-unsaturated/α-hetero) is 1. The van der Waals surface area contributed by atoms with E-state index in [-0.39, 0.29) is 34.3 Å². The molecule has 1 aliphatic heterocycles. The summed E-state index contributed by atoms with van der Waals surface area (Å²) in [5.74, 6) is -4.96. The number of carbonyl (C=O) groups excluding carboxylic acids is 3. The lowest BCUT2D eigenvalue weighted by atomic mass is 9.69. The fraction of sp³-hybridized carbons (Fsp3) is 0.435. The number of nitrogens with one attached hydrogen (secondary N) is 1. The van der Waals surface area contributed by atoms with Crippen LogP contribution < -0.4 is 5.32 Å². The summed E-state index contributed by atoms with van der Waals surface area (Å²) in [6, 6.07) is 4.17. The van der Waals surface area contributed by atoms with Gasteiger partial charge in [-0.25, -0.2) is 9.18 Å². The molecule has 2 aliphatic rings. The highest BCUT2D eigenvalue weighted by atomic mass is 35.5. The predicted octanol–water partition coefficient (Wildman–Crippen LogP) is 4.05. The highest BCUT2D eigenvalue weighted by molar-refractivity contribution is 6.31. The van der Waals surface area contributed by atoms with Gasteiger partial charge in [-0.3, -0.25) is 9.59 Å². The van der Waals surface area contributed by atoms with Crippen LogP contribution in [0.25, 0.3) is 0 Å². The Morgan fingerprint density at radius 1 is 1.32 bits per heavy atom. The van der Waals surface area contributed by atoms with Crippen molar-refractivity contribution in [3.8, 4) is 0 Å². The molecule has 1 aliphatic carbocycles. The van der Waals surface area contributed by atoms with Crippen LogP contribution in [0.2, 0.25) is 5.02 Å². The SMILES string of the molecule is CCCOC(=O)C1=C(C)NC2=C(C(=O)[C@H](C(=O)OC)[C@@H](C)C2)[C@H]1c1c(F)cccc1Cl. The lowest BCUT2D eigenvalue weighted by molar-refractivity contribution is -0.151. The topological polar surface area (TPSA) is 81.7 Å². The van der Waals surface area contributed by atoms with E-state index in [0.717, 1.165) is 0 Å². The number of dihydropyridines is 1. The number of ketones is 1. The molecule has 0 fully saturated rings. The first-order chi connectivity index (χ1) is 14.7. The van der Waals surface area contributed by atoms with E-state index in [4.69, 9.17) is 21.1 Å². The summed E-state index contributed by atoms with van der Waals surface area (Å²) in [6.07, 6.45) is 0.962. The third-order valence-electron chi connectivity index (χ3n) is 5.69. The third-order valence-corrected chi connectivity index (χ3v) is 6.02. The molecule has 6 nitrogen and oxygen atoms in total. The van der Waals surface area contributed by atoms with Gasteiger partial charge in [0.15, 0.2) is 5.78 Å². The average Bonchev–Trinajstić information content (AvgIpc) is 2.71. The number of methoxy groups -OCH3 is 1. The molecule has 1 heterocycles. The molecule has 0 radical (unpaired) electrons. The Hall–Kier alpha value is -2.67.